The van der Waals surface area contributed by atoms with Crippen molar-refractivity contribution in [1.82, 2.24) is 5.16 Å². The van der Waals surface area contributed by atoms with E-state index in [1.807, 2.05) is 16.8 Å². The maximum absolute atomic E-state index is 5.73. The highest BCUT2D eigenvalue weighted by Crippen LogP contribution is 2.30. The largest absolute Gasteiger partial charge is 0.381 e. The van der Waals surface area contributed by atoms with E-state index >= 15 is 0 Å². The van der Waals surface area contributed by atoms with Crippen molar-refractivity contribution in [3.05, 3.63) is 22.4 Å². The molecule has 0 aliphatic carbocycles. The molecule has 2 N–H and O–H groups in total. The van der Waals surface area contributed by atoms with Gasteiger partial charge in [-0.25, -0.2) is 0 Å². The zero-order valence-electron chi connectivity index (χ0n) is 7.99. The molecule has 0 saturated heterocycles. The normalized spacial score (nSPS) is 10.6. The molecule has 14 heavy (non-hydrogen) atoms. The van der Waals surface area contributed by atoms with Crippen molar-refractivity contribution < 1.29 is 4.52 Å². The van der Waals surface area contributed by atoms with Gasteiger partial charge in [0.25, 0.3) is 0 Å². The highest BCUT2D eigenvalue weighted by molar-refractivity contribution is 7.08. The fourth-order valence-corrected chi connectivity index (χ4v) is 2.07. The second-order valence-corrected chi connectivity index (χ2v) is 3.92. The molecule has 0 amide bonds. The van der Waals surface area contributed by atoms with Gasteiger partial charge in [-0.3, -0.25) is 0 Å². The third kappa shape index (κ3) is 1.53. The Labute approximate surface area is 86.5 Å². The fraction of sp³-hybridized carbons (Fsp3) is 0.300. The zero-order chi connectivity index (χ0) is 9.97. The first-order valence-corrected chi connectivity index (χ1v) is 5.53. The first-order valence-electron chi connectivity index (χ1n) is 4.59. The number of nitrogen functional groups attached to an aromatic ring is 1. The average molecular weight is 208 g/mol. The van der Waals surface area contributed by atoms with Gasteiger partial charge >= 0.3 is 0 Å². The number of aromatic nitrogens is 1. The molecular weight excluding hydrogens is 196 g/mol. The lowest BCUT2D eigenvalue weighted by atomic mass is 10.1. The number of thiophene rings is 1. The van der Waals surface area contributed by atoms with Gasteiger partial charge in [-0.1, -0.05) is 18.5 Å². The van der Waals surface area contributed by atoms with E-state index in [-0.39, 0.29) is 0 Å². The minimum absolute atomic E-state index is 0.521. The second-order valence-electron chi connectivity index (χ2n) is 3.14. The summed E-state index contributed by atoms with van der Waals surface area (Å²) in [6.07, 6.45) is 1.96. The number of nitrogens with zero attached hydrogens (tertiary/aromatic N) is 1. The summed E-state index contributed by atoms with van der Waals surface area (Å²) in [4.78, 5) is 0. The summed E-state index contributed by atoms with van der Waals surface area (Å²) in [5.74, 6) is 1.35. The SMILES string of the molecule is CCCc1c(N)noc1-c1ccsc1. The predicted molar refractivity (Wildman–Crippen MR) is 58.2 cm³/mol. The summed E-state index contributed by atoms with van der Waals surface area (Å²) in [6, 6.07) is 2.02. The summed E-state index contributed by atoms with van der Waals surface area (Å²) in [6.45, 7) is 2.11. The lowest BCUT2D eigenvalue weighted by Crippen LogP contribution is -1.92. The van der Waals surface area contributed by atoms with E-state index in [1.54, 1.807) is 11.3 Å². The minimum atomic E-state index is 0.521. The number of anilines is 1. The highest BCUT2D eigenvalue weighted by Gasteiger charge is 2.14. The van der Waals surface area contributed by atoms with Crippen molar-refractivity contribution in [3.63, 3.8) is 0 Å². The number of hydrogen-bond donors (Lipinski definition) is 1. The molecule has 0 bridgehead atoms. The summed E-state index contributed by atoms with van der Waals surface area (Å²) >= 11 is 1.64. The molecule has 0 atom stereocenters. The van der Waals surface area contributed by atoms with E-state index in [0.29, 0.717) is 5.82 Å². The summed E-state index contributed by atoms with van der Waals surface area (Å²) < 4.78 is 5.22. The van der Waals surface area contributed by atoms with Crippen LogP contribution >= 0.6 is 11.3 Å². The van der Waals surface area contributed by atoms with Crippen LogP contribution in [-0.4, -0.2) is 5.16 Å². The Morgan fingerprint density at radius 1 is 1.57 bits per heavy atom. The van der Waals surface area contributed by atoms with Crippen LogP contribution in [0.4, 0.5) is 5.82 Å². The van der Waals surface area contributed by atoms with E-state index < -0.39 is 0 Å². The van der Waals surface area contributed by atoms with Crippen molar-refractivity contribution in [1.29, 1.82) is 0 Å². The van der Waals surface area contributed by atoms with Crippen LogP contribution in [-0.2, 0) is 6.42 Å². The van der Waals surface area contributed by atoms with Crippen LogP contribution in [0.5, 0.6) is 0 Å². The van der Waals surface area contributed by atoms with Crippen molar-refractivity contribution in [2.75, 3.05) is 5.73 Å². The molecule has 0 aliphatic rings. The van der Waals surface area contributed by atoms with Crippen molar-refractivity contribution in [2.24, 2.45) is 0 Å². The molecule has 2 aromatic rings. The molecular formula is C10H12N2OS. The van der Waals surface area contributed by atoms with Crippen LogP contribution in [0.1, 0.15) is 18.9 Å². The van der Waals surface area contributed by atoms with Crippen LogP contribution in [0, 0.1) is 0 Å². The Morgan fingerprint density at radius 2 is 2.43 bits per heavy atom. The summed E-state index contributed by atoms with van der Waals surface area (Å²) in [7, 11) is 0. The van der Waals surface area contributed by atoms with Crippen LogP contribution < -0.4 is 5.73 Å². The predicted octanol–water partition coefficient (Wildman–Crippen LogP) is 2.94. The third-order valence-corrected chi connectivity index (χ3v) is 2.79. The lowest BCUT2D eigenvalue weighted by Gasteiger charge is -1.96. The van der Waals surface area contributed by atoms with Crippen LogP contribution in [0.3, 0.4) is 0 Å². The molecule has 74 valence electrons. The molecule has 2 rings (SSSR count). The monoisotopic (exact) mass is 208 g/mol. The maximum atomic E-state index is 5.73. The Kier molecular flexibility index (Phi) is 2.54. The quantitative estimate of drug-likeness (QED) is 0.843. The highest BCUT2D eigenvalue weighted by atomic mass is 32.1. The first kappa shape index (κ1) is 9.27. The fourth-order valence-electron chi connectivity index (χ4n) is 1.43. The third-order valence-electron chi connectivity index (χ3n) is 2.10. The van der Waals surface area contributed by atoms with Crippen molar-refractivity contribution in [2.45, 2.75) is 19.8 Å². The van der Waals surface area contributed by atoms with E-state index in [9.17, 15) is 0 Å². The van der Waals surface area contributed by atoms with Gasteiger partial charge in [0.05, 0.1) is 0 Å². The van der Waals surface area contributed by atoms with E-state index in [0.717, 1.165) is 29.7 Å². The average Bonchev–Trinajstić information content (AvgIpc) is 2.77. The molecule has 0 spiro atoms. The van der Waals surface area contributed by atoms with Gasteiger partial charge in [0.15, 0.2) is 11.6 Å². The molecule has 0 aromatic carbocycles. The molecule has 2 aromatic heterocycles. The smallest absolute Gasteiger partial charge is 0.173 e. The zero-order valence-corrected chi connectivity index (χ0v) is 8.80. The van der Waals surface area contributed by atoms with E-state index in [4.69, 9.17) is 10.3 Å². The molecule has 0 unspecified atom stereocenters. The Morgan fingerprint density at radius 3 is 3.07 bits per heavy atom. The minimum Gasteiger partial charge on any atom is -0.381 e. The molecule has 0 saturated carbocycles. The Balaban J connectivity index is 2.43. The molecule has 3 nitrogen and oxygen atoms in total. The van der Waals surface area contributed by atoms with Crippen LogP contribution in [0.15, 0.2) is 21.3 Å². The van der Waals surface area contributed by atoms with Gasteiger partial charge in [0.2, 0.25) is 0 Å². The lowest BCUT2D eigenvalue weighted by molar-refractivity contribution is 0.435. The van der Waals surface area contributed by atoms with Crippen molar-refractivity contribution in [3.8, 4) is 11.3 Å². The topological polar surface area (TPSA) is 52.0 Å². The maximum Gasteiger partial charge on any atom is 0.173 e. The van der Waals surface area contributed by atoms with Crippen LogP contribution in [0.2, 0.25) is 0 Å². The number of hydrogen-bond acceptors (Lipinski definition) is 4. The number of nitrogens with two attached hydrogens (primary N) is 1. The van der Waals surface area contributed by atoms with Crippen molar-refractivity contribution >= 4 is 17.2 Å². The summed E-state index contributed by atoms with van der Waals surface area (Å²) in [5.41, 5.74) is 7.84. The summed E-state index contributed by atoms with van der Waals surface area (Å²) in [5, 5.41) is 7.86. The van der Waals surface area contributed by atoms with Gasteiger partial charge in [-0.2, -0.15) is 11.3 Å². The van der Waals surface area contributed by atoms with Gasteiger partial charge in [0.1, 0.15) is 0 Å². The molecule has 4 heteroatoms. The second kappa shape index (κ2) is 3.84. The molecule has 2 heterocycles. The van der Waals surface area contributed by atoms with E-state index in [1.165, 1.54) is 0 Å². The molecule has 0 aliphatic heterocycles. The van der Waals surface area contributed by atoms with Crippen LogP contribution in [0.25, 0.3) is 11.3 Å². The standard InChI is InChI=1S/C10H12N2OS/c1-2-3-8-9(13-12-10(8)11)7-4-5-14-6-7/h4-6H,2-3H2,1H3,(H2,11,12). The first-order chi connectivity index (χ1) is 6.83. The molecule has 0 radical (unpaired) electrons. The van der Waals surface area contributed by atoms with Gasteiger partial charge in [0, 0.05) is 16.5 Å². The van der Waals surface area contributed by atoms with Gasteiger partial charge in [-0.15, -0.1) is 0 Å². The van der Waals surface area contributed by atoms with Gasteiger partial charge in [-0.05, 0) is 17.9 Å². The van der Waals surface area contributed by atoms with E-state index in [2.05, 4.69) is 12.1 Å². The number of rotatable bonds is 3. The Hall–Kier alpha value is -1.29. The Bertz CT molecular complexity index is 406. The van der Waals surface area contributed by atoms with Gasteiger partial charge < -0.3 is 10.3 Å². The molecule has 0 fully saturated rings.